The minimum Gasteiger partial charge on any atom is -0.501 e. The van der Waals surface area contributed by atoms with Crippen molar-refractivity contribution in [2.45, 2.75) is 12.3 Å². The van der Waals surface area contributed by atoms with Crippen LogP contribution >= 0.6 is 0 Å². The topological polar surface area (TPSA) is 50.1 Å². The van der Waals surface area contributed by atoms with E-state index < -0.39 is 5.92 Å². The van der Waals surface area contributed by atoms with E-state index in [1.54, 1.807) is 7.11 Å². The number of carbonyl (C=O) groups excluding carboxylic acids is 1. The first-order chi connectivity index (χ1) is 8.26. The highest BCUT2D eigenvalue weighted by Gasteiger charge is 2.33. The molecule has 0 fully saturated rings. The van der Waals surface area contributed by atoms with E-state index in [2.05, 4.69) is 6.07 Å². The van der Waals surface area contributed by atoms with E-state index in [1.807, 2.05) is 30.3 Å². The summed E-state index contributed by atoms with van der Waals surface area (Å²) in [5.41, 5.74) is 1.01. The molecule has 0 unspecified atom stereocenters. The first-order valence-corrected chi connectivity index (χ1v) is 5.49. The van der Waals surface area contributed by atoms with Crippen LogP contribution in [0.15, 0.2) is 42.2 Å². The van der Waals surface area contributed by atoms with Crippen LogP contribution < -0.4 is 0 Å². The van der Waals surface area contributed by atoms with Gasteiger partial charge < -0.3 is 4.74 Å². The average Bonchev–Trinajstić information content (AvgIpc) is 2.38. The summed E-state index contributed by atoms with van der Waals surface area (Å²) in [7, 11) is 1.55. The standard InChI is InChI=1S/C14H13NO2/c1-17-11-7-12(10-5-3-2-4-6-10)13(9-15)14(16)8-11/h2-6,8,12-13H,7H2,1H3/t12-,13-/m1/s1. The van der Waals surface area contributed by atoms with Gasteiger partial charge in [-0.2, -0.15) is 5.26 Å². The van der Waals surface area contributed by atoms with Crippen molar-refractivity contribution in [2.75, 3.05) is 7.11 Å². The first-order valence-electron chi connectivity index (χ1n) is 5.49. The van der Waals surface area contributed by atoms with Gasteiger partial charge in [-0.1, -0.05) is 30.3 Å². The largest absolute Gasteiger partial charge is 0.501 e. The van der Waals surface area contributed by atoms with Gasteiger partial charge in [-0.25, -0.2) is 0 Å². The van der Waals surface area contributed by atoms with E-state index in [1.165, 1.54) is 6.08 Å². The summed E-state index contributed by atoms with van der Waals surface area (Å²) in [6.07, 6.45) is 2.04. The van der Waals surface area contributed by atoms with E-state index in [-0.39, 0.29) is 11.7 Å². The number of hydrogen-bond donors (Lipinski definition) is 0. The second kappa shape index (κ2) is 4.84. The van der Waals surface area contributed by atoms with Crippen LogP contribution in [0.2, 0.25) is 0 Å². The van der Waals surface area contributed by atoms with Crippen molar-refractivity contribution >= 4 is 5.78 Å². The maximum atomic E-state index is 11.8. The Hall–Kier alpha value is -2.08. The van der Waals surface area contributed by atoms with E-state index in [4.69, 9.17) is 10.00 Å². The quantitative estimate of drug-likeness (QED) is 0.779. The van der Waals surface area contributed by atoms with Crippen LogP contribution in [0.5, 0.6) is 0 Å². The molecule has 0 aliphatic heterocycles. The van der Waals surface area contributed by atoms with Gasteiger partial charge in [0.05, 0.1) is 18.9 Å². The van der Waals surface area contributed by atoms with Crippen LogP contribution in [0.25, 0.3) is 0 Å². The number of ketones is 1. The van der Waals surface area contributed by atoms with Crippen LogP contribution in [0.1, 0.15) is 17.9 Å². The van der Waals surface area contributed by atoms with Gasteiger partial charge in [0, 0.05) is 18.4 Å². The highest BCUT2D eigenvalue weighted by atomic mass is 16.5. The summed E-state index contributed by atoms with van der Waals surface area (Å²) in [5, 5.41) is 9.11. The van der Waals surface area contributed by atoms with Crippen LogP contribution in [-0.4, -0.2) is 12.9 Å². The van der Waals surface area contributed by atoms with Crippen LogP contribution in [0, 0.1) is 17.2 Å². The van der Waals surface area contributed by atoms with Gasteiger partial charge in [0.2, 0.25) is 0 Å². The smallest absolute Gasteiger partial charge is 0.176 e. The third-order valence-electron chi connectivity index (χ3n) is 3.06. The Balaban J connectivity index is 2.37. The summed E-state index contributed by atoms with van der Waals surface area (Å²) in [5.74, 6) is -0.218. The SMILES string of the molecule is COC1=CC(=O)[C@H](C#N)[C@@H](c2ccccc2)C1. The maximum absolute atomic E-state index is 11.8. The van der Waals surface area contributed by atoms with E-state index in [9.17, 15) is 4.79 Å². The summed E-state index contributed by atoms with van der Waals surface area (Å²) < 4.78 is 5.14. The lowest BCUT2D eigenvalue weighted by molar-refractivity contribution is -0.118. The van der Waals surface area contributed by atoms with Crippen molar-refractivity contribution in [3.05, 3.63) is 47.7 Å². The Kier molecular flexibility index (Phi) is 3.24. The van der Waals surface area contributed by atoms with Crippen LogP contribution in [0.3, 0.4) is 0 Å². The molecule has 1 aliphatic rings. The third kappa shape index (κ3) is 2.21. The molecule has 0 aromatic heterocycles. The van der Waals surface area contributed by atoms with Crippen molar-refractivity contribution in [1.29, 1.82) is 5.26 Å². The Morgan fingerprint density at radius 1 is 1.35 bits per heavy atom. The monoisotopic (exact) mass is 227 g/mol. The number of rotatable bonds is 2. The fraction of sp³-hybridized carbons (Fsp3) is 0.286. The zero-order chi connectivity index (χ0) is 12.3. The fourth-order valence-corrected chi connectivity index (χ4v) is 2.15. The first kappa shape index (κ1) is 11.4. The lowest BCUT2D eigenvalue weighted by Crippen LogP contribution is -2.25. The Morgan fingerprint density at radius 3 is 2.65 bits per heavy atom. The molecule has 0 bridgehead atoms. The number of hydrogen-bond acceptors (Lipinski definition) is 3. The third-order valence-corrected chi connectivity index (χ3v) is 3.06. The molecule has 0 amide bonds. The number of ether oxygens (including phenoxy) is 1. The zero-order valence-corrected chi connectivity index (χ0v) is 9.59. The normalized spacial score (nSPS) is 23.8. The van der Waals surface area contributed by atoms with E-state index in [0.717, 1.165) is 5.56 Å². The molecule has 0 N–H and O–H groups in total. The molecule has 1 aliphatic carbocycles. The van der Waals surface area contributed by atoms with Crippen molar-refractivity contribution < 1.29 is 9.53 Å². The predicted octanol–water partition coefficient (Wildman–Crippen LogP) is 2.41. The molecule has 0 spiro atoms. The molecule has 0 saturated heterocycles. The molecule has 2 rings (SSSR count). The van der Waals surface area contributed by atoms with Gasteiger partial charge in [0.25, 0.3) is 0 Å². The average molecular weight is 227 g/mol. The van der Waals surface area contributed by atoms with Gasteiger partial charge >= 0.3 is 0 Å². The highest BCUT2D eigenvalue weighted by Crippen LogP contribution is 2.35. The molecule has 86 valence electrons. The molecule has 2 atom stereocenters. The predicted molar refractivity (Wildman–Crippen MR) is 63.0 cm³/mol. The molecule has 0 heterocycles. The lowest BCUT2D eigenvalue weighted by Gasteiger charge is -2.25. The Bertz CT molecular complexity index is 485. The van der Waals surface area contributed by atoms with Crippen LogP contribution in [0.4, 0.5) is 0 Å². The number of benzene rings is 1. The second-order valence-corrected chi connectivity index (χ2v) is 4.05. The molecule has 1 aromatic rings. The van der Waals surface area contributed by atoms with Crippen molar-refractivity contribution in [1.82, 2.24) is 0 Å². The van der Waals surface area contributed by atoms with Gasteiger partial charge in [0.15, 0.2) is 5.78 Å². The molecule has 0 radical (unpaired) electrons. The van der Waals surface area contributed by atoms with Crippen molar-refractivity contribution in [2.24, 2.45) is 5.92 Å². The summed E-state index contributed by atoms with van der Waals surface area (Å²) in [6.45, 7) is 0. The molecule has 3 nitrogen and oxygen atoms in total. The summed E-state index contributed by atoms with van der Waals surface area (Å²) in [6, 6.07) is 11.7. The lowest BCUT2D eigenvalue weighted by atomic mass is 9.78. The molecule has 1 aromatic carbocycles. The van der Waals surface area contributed by atoms with Gasteiger partial charge in [-0.15, -0.1) is 0 Å². The molecule has 0 saturated carbocycles. The number of allylic oxidation sites excluding steroid dienone is 2. The summed E-state index contributed by atoms with van der Waals surface area (Å²) >= 11 is 0. The van der Waals surface area contributed by atoms with Crippen molar-refractivity contribution in [3.8, 4) is 6.07 Å². The second-order valence-electron chi connectivity index (χ2n) is 4.05. The minimum absolute atomic E-state index is 0.103. The molecular weight excluding hydrogens is 214 g/mol. The minimum atomic E-state index is -0.601. The number of carbonyl (C=O) groups is 1. The number of nitriles is 1. The Morgan fingerprint density at radius 2 is 2.06 bits per heavy atom. The maximum Gasteiger partial charge on any atom is 0.176 e. The van der Waals surface area contributed by atoms with E-state index in [0.29, 0.717) is 12.2 Å². The van der Waals surface area contributed by atoms with Crippen molar-refractivity contribution in [3.63, 3.8) is 0 Å². The Labute approximate surface area is 100 Å². The van der Waals surface area contributed by atoms with E-state index >= 15 is 0 Å². The van der Waals surface area contributed by atoms with Gasteiger partial charge in [0.1, 0.15) is 5.92 Å². The number of methoxy groups -OCH3 is 1. The zero-order valence-electron chi connectivity index (χ0n) is 9.59. The summed E-state index contributed by atoms with van der Waals surface area (Å²) in [4.78, 5) is 11.8. The fourth-order valence-electron chi connectivity index (χ4n) is 2.15. The number of nitrogens with zero attached hydrogens (tertiary/aromatic N) is 1. The van der Waals surface area contributed by atoms with Crippen LogP contribution in [-0.2, 0) is 9.53 Å². The molecule has 3 heteroatoms. The highest BCUT2D eigenvalue weighted by molar-refractivity contribution is 5.95. The molecule has 17 heavy (non-hydrogen) atoms. The molecular formula is C14H13NO2. The van der Waals surface area contributed by atoms with Gasteiger partial charge in [-0.3, -0.25) is 4.79 Å². The van der Waals surface area contributed by atoms with Gasteiger partial charge in [-0.05, 0) is 5.56 Å².